The highest BCUT2D eigenvalue weighted by atomic mass is 19.1. The van der Waals surface area contributed by atoms with Gasteiger partial charge in [-0.05, 0) is 35.4 Å². The van der Waals surface area contributed by atoms with Gasteiger partial charge in [-0.3, -0.25) is 9.88 Å². The minimum Gasteiger partial charge on any atom is -0.492 e. The van der Waals surface area contributed by atoms with Crippen LogP contribution < -0.4 is 9.47 Å². The van der Waals surface area contributed by atoms with E-state index in [1.54, 1.807) is 18.3 Å². The normalized spacial score (nSPS) is 14.1. The monoisotopic (exact) mass is 364 g/mol. The molecule has 2 heterocycles. The zero-order valence-corrected chi connectivity index (χ0v) is 15.0. The fourth-order valence-electron chi connectivity index (χ4n) is 3.18. The Balaban J connectivity index is 1.42. The average molecular weight is 364 g/mol. The Morgan fingerprint density at radius 2 is 1.93 bits per heavy atom. The molecule has 0 aliphatic carbocycles. The van der Waals surface area contributed by atoms with E-state index < -0.39 is 0 Å². The van der Waals surface area contributed by atoms with Gasteiger partial charge in [-0.25, -0.2) is 4.39 Å². The molecule has 1 aliphatic rings. The molecule has 0 bridgehead atoms. The zero-order chi connectivity index (χ0) is 18.5. The molecule has 5 heteroatoms. The molecule has 138 valence electrons. The van der Waals surface area contributed by atoms with Crippen molar-refractivity contribution in [1.29, 1.82) is 0 Å². The van der Waals surface area contributed by atoms with Crippen LogP contribution in [0.1, 0.15) is 16.7 Å². The molecular weight excluding hydrogens is 343 g/mol. The van der Waals surface area contributed by atoms with Crippen molar-refractivity contribution in [2.24, 2.45) is 0 Å². The van der Waals surface area contributed by atoms with Crippen molar-refractivity contribution in [3.05, 3.63) is 89.5 Å². The van der Waals surface area contributed by atoms with Crippen LogP contribution in [-0.4, -0.2) is 23.0 Å². The number of hydrogen-bond donors (Lipinski definition) is 0. The number of fused-ring (bicyclic) bond motifs is 1. The highest BCUT2D eigenvalue weighted by molar-refractivity contribution is 5.34. The summed E-state index contributed by atoms with van der Waals surface area (Å²) in [6, 6.07) is 16.7. The smallest absolute Gasteiger partial charge is 0.138 e. The first-order chi connectivity index (χ1) is 13.3. The maximum atomic E-state index is 13.6. The summed E-state index contributed by atoms with van der Waals surface area (Å²) >= 11 is 0. The number of pyridine rings is 1. The van der Waals surface area contributed by atoms with E-state index in [4.69, 9.17) is 9.47 Å². The lowest BCUT2D eigenvalue weighted by Crippen LogP contribution is -2.25. The van der Waals surface area contributed by atoms with Crippen LogP contribution in [0.2, 0.25) is 0 Å². The van der Waals surface area contributed by atoms with Crippen molar-refractivity contribution in [3.8, 4) is 11.5 Å². The third-order valence-corrected chi connectivity index (χ3v) is 4.51. The number of rotatable bonds is 5. The first kappa shape index (κ1) is 17.5. The molecular formula is C22H21FN2O2. The summed E-state index contributed by atoms with van der Waals surface area (Å²) in [5, 5.41) is 0. The van der Waals surface area contributed by atoms with Gasteiger partial charge in [-0.2, -0.15) is 0 Å². The lowest BCUT2D eigenvalue weighted by Gasteiger charge is -2.19. The number of halogens is 1. The van der Waals surface area contributed by atoms with E-state index in [0.717, 1.165) is 34.7 Å². The minimum absolute atomic E-state index is 0.239. The Kier molecular flexibility index (Phi) is 5.30. The predicted octanol–water partition coefficient (Wildman–Crippen LogP) is 4.19. The number of benzene rings is 2. The Hall–Kier alpha value is -2.92. The van der Waals surface area contributed by atoms with Crippen LogP contribution in [0.4, 0.5) is 4.39 Å². The molecule has 4 rings (SSSR count). The quantitative estimate of drug-likeness (QED) is 0.680. The molecule has 3 aromatic rings. The van der Waals surface area contributed by atoms with E-state index in [9.17, 15) is 4.39 Å². The number of nitrogens with zero attached hydrogens (tertiary/aromatic N) is 2. The van der Waals surface area contributed by atoms with Crippen LogP contribution in [0.25, 0.3) is 0 Å². The summed E-state index contributed by atoms with van der Waals surface area (Å²) in [5.41, 5.74) is 3.04. The van der Waals surface area contributed by atoms with Gasteiger partial charge in [0.05, 0.1) is 6.20 Å². The molecule has 0 radical (unpaired) electrons. The summed E-state index contributed by atoms with van der Waals surface area (Å²) in [5.74, 6) is 1.27. The van der Waals surface area contributed by atoms with Crippen molar-refractivity contribution in [3.63, 3.8) is 0 Å². The molecule has 1 aromatic heterocycles. The summed E-state index contributed by atoms with van der Waals surface area (Å²) in [6.07, 6.45) is 3.57. The largest absolute Gasteiger partial charge is 0.492 e. The third-order valence-electron chi connectivity index (χ3n) is 4.51. The van der Waals surface area contributed by atoms with E-state index in [2.05, 4.69) is 9.88 Å². The summed E-state index contributed by atoms with van der Waals surface area (Å²) in [4.78, 5) is 6.53. The molecule has 0 unspecified atom stereocenters. The highest BCUT2D eigenvalue weighted by Crippen LogP contribution is 2.25. The SMILES string of the molecule is Fc1ccc2c(c1)CN(Cc1cncc(OCc3ccccc3)c1)CCO2. The average Bonchev–Trinajstić information content (AvgIpc) is 2.88. The lowest BCUT2D eigenvalue weighted by molar-refractivity contribution is 0.219. The van der Waals surface area contributed by atoms with Gasteiger partial charge in [0.15, 0.2) is 0 Å². The highest BCUT2D eigenvalue weighted by Gasteiger charge is 2.16. The van der Waals surface area contributed by atoms with Crippen LogP contribution in [0.3, 0.4) is 0 Å². The van der Waals surface area contributed by atoms with Gasteiger partial charge < -0.3 is 9.47 Å². The topological polar surface area (TPSA) is 34.6 Å². The lowest BCUT2D eigenvalue weighted by atomic mass is 10.1. The molecule has 27 heavy (non-hydrogen) atoms. The van der Waals surface area contributed by atoms with Crippen molar-refractivity contribution in [1.82, 2.24) is 9.88 Å². The van der Waals surface area contributed by atoms with Crippen LogP contribution in [0.15, 0.2) is 67.0 Å². The molecule has 0 atom stereocenters. The van der Waals surface area contributed by atoms with Crippen LogP contribution in [0, 0.1) is 5.82 Å². The Morgan fingerprint density at radius 3 is 2.81 bits per heavy atom. The standard InChI is InChI=1S/C22H21FN2O2/c23-20-6-7-22-19(11-20)15-25(8-9-26-22)14-18-10-21(13-24-12-18)27-16-17-4-2-1-3-5-17/h1-7,10-13H,8-9,14-16H2. The molecule has 1 aliphatic heterocycles. The van der Waals surface area contributed by atoms with Gasteiger partial charge in [-0.1, -0.05) is 30.3 Å². The number of hydrogen-bond acceptors (Lipinski definition) is 4. The van der Waals surface area contributed by atoms with E-state index in [-0.39, 0.29) is 5.82 Å². The van der Waals surface area contributed by atoms with E-state index in [1.807, 2.05) is 42.6 Å². The fraction of sp³-hybridized carbons (Fsp3) is 0.227. The van der Waals surface area contributed by atoms with E-state index >= 15 is 0 Å². The van der Waals surface area contributed by atoms with Crippen molar-refractivity contribution >= 4 is 0 Å². The zero-order valence-electron chi connectivity index (χ0n) is 15.0. The molecule has 4 nitrogen and oxygen atoms in total. The van der Waals surface area contributed by atoms with Gasteiger partial charge in [0.1, 0.15) is 30.5 Å². The van der Waals surface area contributed by atoms with Gasteiger partial charge in [-0.15, -0.1) is 0 Å². The van der Waals surface area contributed by atoms with Gasteiger partial charge in [0, 0.05) is 31.4 Å². The minimum atomic E-state index is -0.239. The first-order valence-corrected chi connectivity index (χ1v) is 9.00. The molecule has 0 spiro atoms. The molecule has 0 saturated carbocycles. The third kappa shape index (κ3) is 4.63. The van der Waals surface area contributed by atoms with Crippen LogP contribution in [-0.2, 0) is 19.7 Å². The Bertz CT molecular complexity index is 902. The second kappa shape index (κ2) is 8.18. The first-order valence-electron chi connectivity index (χ1n) is 9.00. The summed E-state index contributed by atoms with van der Waals surface area (Å²) < 4.78 is 25.2. The molecule has 0 fully saturated rings. The molecule has 2 aromatic carbocycles. The maximum Gasteiger partial charge on any atom is 0.138 e. The second-order valence-electron chi connectivity index (χ2n) is 6.61. The number of aromatic nitrogens is 1. The van der Waals surface area contributed by atoms with E-state index in [0.29, 0.717) is 26.3 Å². The van der Waals surface area contributed by atoms with Gasteiger partial charge in [0.2, 0.25) is 0 Å². The van der Waals surface area contributed by atoms with Crippen molar-refractivity contribution in [2.45, 2.75) is 19.7 Å². The Labute approximate surface area is 158 Å². The Morgan fingerprint density at radius 1 is 1.04 bits per heavy atom. The van der Waals surface area contributed by atoms with E-state index in [1.165, 1.54) is 6.07 Å². The van der Waals surface area contributed by atoms with Crippen LogP contribution >= 0.6 is 0 Å². The molecule has 0 amide bonds. The summed E-state index contributed by atoms with van der Waals surface area (Å²) in [7, 11) is 0. The van der Waals surface area contributed by atoms with Gasteiger partial charge in [0.25, 0.3) is 0 Å². The predicted molar refractivity (Wildman–Crippen MR) is 101 cm³/mol. The molecule has 0 N–H and O–H groups in total. The molecule has 0 saturated heterocycles. The maximum absolute atomic E-state index is 13.6. The van der Waals surface area contributed by atoms with Crippen molar-refractivity contribution < 1.29 is 13.9 Å². The second-order valence-corrected chi connectivity index (χ2v) is 6.61. The van der Waals surface area contributed by atoms with Crippen LogP contribution in [0.5, 0.6) is 11.5 Å². The van der Waals surface area contributed by atoms with Gasteiger partial charge >= 0.3 is 0 Å². The fourth-order valence-corrected chi connectivity index (χ4v) is 3.18. The summed E-state index contributed by atoms with van der Waals surface area (Å²) in [6.45, 7) is 3.20. The van der Waals surface area contributed by atoms with Crippen molar-refractivity contribution in [2.75, 3.05) is 13.2 Å². The number of ether oxygens (including phenoxy) is 2.